The lowest BCUT2D eigenvalue weighted by molar-refractivity contribution is -0.116. The molecule has 0 bridgehead atoms. The van der Waals surface area contributed by atoms with Crippen molar-refractivity contribution in [2.75, 3.05) is 18.2 Å². The Morgan fingerprint density at radius 2 is 2.20 bits per heavy atom. The minimum atomic E-state index is -0.470. The number of phenols is 1. The van der Waals surface area contributed by atoms with Crippen LogP contribution in [0.25, 0.3) is 0 Å². The third-order valence-electron chi connectivity index (χ3n) is 3.98. The molecule has 2 heterocycles. The summed E-state index contributed by atoms with van der Waals surface area (Å²) >= 11 is 1.44. The Balaban J connectivity index is 2.05. The summed E-state index contributed by atoms with van der Waals surface area (Å²) in [7, 11) is 1.46. The fourth-order valence-electron chi connectivity index (χ4n) is 2.83. The number of hydrogen-bond acceptors (Lipinski definition) is 6. The van der Waals surface area contributed by atoms with Gasteiger partial charge in [0.25, 0.3) is 5.56 Å². The lowest BCUT2D eigenvalue weighted by Crippen LogP contribution is -2.31. The first-order valence-electron chi connectivity index (χ1n) is 7.97. The average molecular weight is 361 g/mol. The Bertz CT molecular complexity index is 865. The van der Waals surface area contributed by atoms with Crippen LogP contribution in [0.5, 0.6) is 11.5 Å². The van der Waals surface area contributed by atoms with Gasteiger partial charge in [0, 0.05) is 18.1 Å². The number of amides is 1. The first kappa shape index (κ1) is 17.3. The minimum absolute atomic E-state index is 0.0351. The van der Waals surface area contributed by atoms with E-state index in [9.17, 15) is 14.7 Å². The van der Waals surface area contributed by atoms with E-state index in [2.05, 4.69) is 15.3 Å². The molecule has 1 aliphatic rings. The van der Waals surface area contributed by atoms with Gasteiger partial charge >= 0.3 is 0 Å². The molecule has 0 unspecified atom stereocenters. The normalized spacial score (nSPS) is 16.2. The first-order chi connectivity index (χ1) is 12.0. The van der Waals surface area contributed by atoms with Crippen molar-refractivity contribution in [1.82, 2.24) is 9.97 Å². The monoisotopic (exact) mass is 361 g/mol. The van der Waals surface area contributed by atoms with Crippen LogP contribution in [0.4, 0.5) is 5.82 Å². The van der Waals surface area contributed by atoms with E-state index >= 15 is 0 Å². The van der Waals surface area contributed by atoms with Gasteiger partial charge in [-0.25, -0.2) is 4.98 Å². The molecule has 7 nitrogen and oxygen atoms in total. The van der Waals surface area contributed by atoms with Gasteiger partial charge < -0.3 is 20.1 Å². The van der Waals surface area contributed by atoms with Crippen LogP contribution in [0.1, 0.15) is 36.8 Å². The third kappa shape index (κ3) is 3.48. The second-order valence-corrected chi connectivity index (χ2v) is 6.80. The topological polar surface area (TPSA) is 104 Å². The molecule has 3 rings (SSSR count). The molecule has 0 saturated heterocycles. The number of aromatic nitrogens is 2. The predicted octanol–water partition coefficient (Wildman–Crippen LogP) is 2.46. The molecule has 8 heteroatoms. The number of phenolic OH excluding ortho intramolecular Hbond substituents is 1. The summed E-state index contributed by atoms with van der Waals surface area (Å²) in [6, 6.07) is 4.87. The van der Waals surface area contributed by atoms with Crippen molar-refractivity contribution in [3.63, 3.8) is 0 Å². The van der Waals surface area contributed by atoms with E-state index in [1.54, 1.807) is 12.1 Å². The highest BCUT2D eigenvalue weighted by Gasteiger charge is 2.31. The van der Waals surface area contributed by atoms with Gasteiger partial charge in [-0.15, -0.1) is 0 Å². The van der Waals surface area contributed by atoms with E-state index in [0.29, 0.717) is 27.9 Å². The first-order valence-corrected chi connectivity index (χ1v) is 8.95. The number of aromatic amines is 1. The van der Waals surface area contributed by atoms with Crippen molar-refractivity contribution in [3.05, 3.63) is 39.7 Å². The number of hydrogen-bond donors (Lipinski definition) is 3. The van der Waals surface area contributed by atoms with Crippen LogP contribution in [0, 0.1) is 0 Å². The zero-order chi connectivity index (χ0) is 18.0. The van der Waals surface area contributed by atoms with Gasteiger partial charge in [-0.2, -0.15) is 0 Å². The fourth-order valence-corrected chi connectivity index (χ4v) is 3.54. The number of nitrogens with zero attached hydrogens (tertiary/aromatic N) is 1. The largest absolute Gasteiger partial charge is 0.504 e. The quantitative estimate of drug-likeness (QED) is 0.558. The van der Waals surface area contributed by atoms with Gasteiger partial charge in [0.15, 0.2) is 16.7 Å². The lowest BCUT2D eigenvalue weighted by atomic mass is 9.86. The highest BCUT2D eigenvalue weighted by atomic mass is 32.2. The molecule has 0 saturated carbocycles. The minimum Gasteiger partial charge on any atom is -0.504 e. The van der Waals surface area contributed by atoms with Crippen LogP contribution in [0.15, 0.2) is 28.2 Å². The Labute approximate surface area is 148 Å². The molecule has 2 aromatic rings. The standard InChI is InChI=1S/C17H19N3O4S/c1-3-6-25-17-19-15-14(16(23)20-17)10(8-13(22)18-15)9-4-5-12(24-2)11(21)7-9/h4-5,7,10,21H,3,6,8H2,1-2H3,(H2,18,19,20,22,23)/t10-/m0/s1. The second-order valence-electron chi connectivity index (χ2n) is 5.72. The van der Waals surface area contributed by atoms with Gasteiger partial charge in [-0.1, -0.05) is 24.8 Å². The number of rotatable bonds is 5. The molecule has 0 spiro atoms. The number of nitrogens with one attached hydrogen (secondary N) is 2. The van der Waals surface area contributed by atoms with Crippen LogP contribution in [0.3, 0.4) is 0 Å². The van der Waals surface area contributed by atoms with E-state index in [4.69, 9.17) is 4.74 Å². The Kier molecular flexibility index (Phi) is 4.98. The second kappa shape index (κ2) is 7.18. The molecule has 1 amide bonds. The SMILES string of the molecule is CCCSc1nc2c(c(=O)[nH]1)[C@H](c1ccc(OC)c(O)c1)CC(=O)N2. The highest BCUT2D eigenvalue weighted by Crippen LogP contribution is 2.37. The number of fused-ring (bicyclic) bond motifs is 1. The molecule has 0 fully saturated rings. The summed E-state index contributed by atoms with van der Waals surface area (Å²) in [4.78, 5) is 31.9. The van der Waals surface area contributed by atoms with Crippen molar-refractivity contribution in [2.45, 2.75) is 30.8 Å². The smallest absolute Gasteiger partial charge is 0.257 e. The van der Waals surface area contributed by atoms with Crippen molar-refractivity contribution < 1.29 is 14.6 Å². The molecule has 1 atom stereocenters. The van der Waals surface area contributed by atoms with Crippen LogP contribution in [-0.2, 0) is 4.79 Å². The number of anilines is 1. The maximum Gasteiger partial charge on any atom is 0.257 e. The number of aromatic hydroxyl groups is 1. The van der Waals surface area contributed by atoms with Crippen molar-refractivity contribution >= 4 is 23.5 Å². The van der Waals surface area contributed by atoms with Gasteiger partial charge in [-0.3, -0.25) is 9.59 Å². The summed E-state index contributed by atoms with van der Waals surface area (Å²) in [5.41, 5.74) is 0.796. The number of carbonyl (C=O) groups is 1. The molecule has 132 valence electrons. The zero-order valence-corrected chi connectivity index (χ0v) is 14.8. The predicted molar refractivity (Wildman–Crippen MR) is 95.6 cm³/mol. The summed E-state index contributed by atoms with van der Waals surface area (Å²) < 4.78 is 5.04. The molecular weight excluding hydrogens is 342 g/mol. The summed E-state index contributed by atoms with van der Waals surface area (Å²) in [6.45, 7) is 2.04. The molecular formula is C17H19N3O4S. The van der Waals surface area contributed by atoms with Gasteiger partial charge in [0.05, 0.1) is 12.7 Å². The van der Waals surface area contributed by atoms with Crippen molar-refractivity contribution in [2.24, 2.45) is 0 Å². The van der Waals surface area contributed by atoms with E-state index < -0.39 is 5.92 Å². The number of carbonyl (C=O) groups excluding carboxylic acids is 1. The van der Waals surface area contributed by atoms with E-state index in [1.807, 2.05) is 6.92 Å². The maximum absolute atomic E-state index is 12.6. The van der Waals surface area contributed by atoms with Gasteiger partial charge in [0.2, 0.25) is 5.91 Å². The Hall–Kier alpha value is -2.48. The third-order valence-corrected chi connectivity index (χ3v) is 5.06. The molecule has 3 N–H and O–H groups in total. The number of H-pyrrole nitrogens is 1. The Morgan fingerprint density at radius 3 is 2.88 bits per heavy atom. The maximum atomic E-state index is 12.6. The van der Waals surface area contributed by atoms with Crippen LogP contribution < -0.4 is 15.6 Å². The zero-order valence-electron chi connectivity index (χ0n) is 14.0. The molecule has 1 aromatic carbocycles. The van der Waals surface area contributed by atoms with Crippen LogP contribution in [-0.4, -0.2) is 33.8 Å². The Morgan fingerprint density at radius 1 is 1.40 bits per heavy atom. The summed E-state index contributed by atoms with van der Waals surface area (Å²) in [5, 5.41) is 13.2. The molecule has 0 aliphatic carbocycles. The number of benzene rings is 1. The van der Waals surface area contributed by atoms with Gasteiger partial charge in [-0.05, 0) is 24.1 Å². The molecule has 25 heavy (non-hydrogen) atoms. The average Bonchev–Trinajstić information content (AvgIpc) is 2.58. The number of methoxy groups -OCH3 is 1. The van der Waals surface area contributed by atoms with E-state index in [-0.39, 0.29) is 23.6 Å². The molecule has 0 radical (unpaired) electrons. The fraction of sp³-hybridized carbons (Fsp3) is 0.353. The number of thioether (sulfide) groups is 1. The molecule has 1 aliphatic heterocycles. The van der Waals surface area contributed by atoms with Crippen LogP contribution >= 0.6 is 11.8 Å². The lowest BCUT2D eigenvalue weighted by Gasteiger charge is -2.24. The van der Waals surface area contributed by atoms with Crippen molar-refractivity contribution in [3.8, 4) is 11.5 Å². The summed E-state index contributed by atoms with van der Waals surface area (Å²) in [5.74, 6) is 0.735. The van der Waals surface area contributed by atoms with Crippen LogP contribution in [0.2, 0.25) is 0 Å². The number of ether oxygens (including phenoxy) is 1. The van der Waals surface area contributed by atoms with E-state index in [1.165, 1.54) is 24.9 Å². The van der Waals surface area contributed by atoms with Gasteiger partial charge in [0.1, 0.15) is 5.82 Å². The highest BCUT2D eigenvalue weighted by molar-refractivity contribution is 7.99. The molecule has 1 aromatic heterocycles. The van der Waals surface area contributed by atoms with Crippen molar-refractivity contribution in [1.29, 1.82) is 0 Å². The van der Waals surface area contributed by atoms with E-state index in [0.717, 1.165) is 12.2 Å². The summed E-state index contributed by atoms with van der Waals surface area (Å²) in [6.07, 6.45) is 1.07.